The second-order valence-corrected chi connectivity index (χ2v) is 7.21. The summed E-state index contributed by atoms with van der Waals surface area (Å²) in [5.74, 6) is 1.51. The van der Waals surface area contributed by atoms with Crippen molar-refractivity contribution in [2.45, 2.75) is 12.7 Å². The van der Waals surface area contributed by atoms with E-state index in [2.05, 4.69) is 36.8 Å². The Morgan fingerprint density at radius 1 is 1.24 bits per heavy atom. The van der Waals surface area contributed by atoms with E-state index in [1.807, 2.05) is 55.5 Å². The minimum atomic E-state index is -0.0618. The fourth-order valence-corrected chi connectivity index (χ4v) is 3.52. The van der Waals surface area contributed by atoms with Gasteiger partial charge in [0.15, 0.2) is 5.82 Å². The molecule has 0 saturated heterocycles. The lowest BCUT2D eigenvalue weighted by Gasteiger charge is -2.08. The third-order valence-corrected chi connectivity index (χ3v) is 4.98. The van der Waals surface area contributed by atoms with Gasteiger partial charge in [0.2, 0.25) is 5.91 Å². The molecular weight excluding hydrogens is 402 g/mol. The monoisotopic (exact) mass is 417 g/mol. The number of carbonyl (C=O) groups is 1. The molecule has 0 aliphatic carbocycles. The average Bonchev–Trinajstić information content (AvgIpc) is 3.07. The van der Waals surface area contributed by atoms with E-state index in [9.17, 15) is 4.79 Å². The van der Waals surface area contributed by atoms with Crippen molar-refractivity contribution in [3.05, 3.63) is 64.4 Å². The molecule has 1 amide bonds. The summed E-state index contributed by atoms with van der Waals surface area (Å²) in [6.07, 6.45) is 0. The van der Waals surface area contributed by atoms with Gasteiger partial charge in [-0.3, -0.25) is 4.79 Å². The molecule has 0 bridgehead atoms. The molecule has 3 aromatic rings. The van der Waals surface area contributed by atoms with Crippen LogP contribution in [0.5, 0.6) is 0 Å². The van der Waals surface area contributed by atoms with Crippen molar-refractivity contribution in [1.82, 2.24) is 20.2 Å². The molecule has 1 N–H and O–H groups in total. The van der Waals surface area contributed by atoms with Crippen LogP contribution in [0.15, 0.2) is 53.0 Å². The maximum absolute atomic E-state index is 12.1. The van der Waals surface area contributed by atoms with Crippen LogP contribution in [-0.4, -0.2) is 31.9 Å². The first-order valence-electron chi connectivity index (χ1n) is 7.60. The number of aryl methyl sites for hydroxylation is 1. The first-order chi connectivity index (χ1) is 12.1. The second kappa shape index (κ2) is 8.26. The normalized spacial score (nSPS) is 10.6. The predicted molar refractivity (Wildman–Crippen MR) is 103 cm³/mol. The van der Waals surface area contributed by atoms with Crippen molar-refractivity contribution in [3.63, 3.8) is 0 Å². The molecule has 0 fully saturated rings. The highest BCUT2D eigenvalue weighted by atomic mass is 79.9. The Morgan fingerprint density at radius 3 is 2.80 bits per heavy atom. The highest BCUT2D eigenvalue weighted by Crippen LogP contribution is 2.23. The standard InChI is InChI=1S/C17H16BrN5OS/c1-12-7-8-15(14(18)9-12)19-17(24)11-25-10-16-20-21-22-23(16)13-5-3-2-4-6-13/h2-9H,10-11H2,1H3,(H,19,24). The van der Waals surface area contributed by atoms with Crippen LogP contribution in [0.3, 0.4) is 0 Å². The summed E-state index contributed by atoms with van der Waals surface area (Å²) in [4.78, 5) is 12.1. The van der Waals surface area contributed by atoms with Gasteiger partial charge in [-0.15, -0.1) is 16.9 Å². The number of halogens is 1. The van der Waals surface area contributed by atoms with E-state index < -0.39 is 0 Å². The van der Waals surface area contributed by atoms with Gasteiger partial charge in [-0.1, -0.05) is 24.3 Å². The maximum atomic E-state index is 12.1. The Kier molecular flexibility index (Phi) is 5.83. The van der Waals surface area contributed by atoms with Crippen LogP contribution < -0.4 is 5.32 Å². The van der Waals surface area contributed by atoms with Gasteiger partial charge in [-0.05, 0) is 63.1 Å². The maximum Gasteiger partial charge on any atom is 0.234 e. The highest BCUT2D eigenvalue weighted by Gasteiger charge is 2.10. The van der Waals surface area contributed by atoms with Gasteiger partial charge in [-0.2, -0.15) is 4.68 Å². The number of para-hydroxylation sites is 1. The van der Waals surface area contributed by atoms with Crippen LogP contribution in [0.2, 0.25) is 0 Å². The van der Waals surface area contributed by atoms with Gasteiger partial charge < -0.3 is 5.32 Å². The minimum absolute atomic E-state index is 0.0618. The summed E-state index contributed by atoms with van der Waals surface area (Å²) in [5, 5.41) is 14.7. The second-order valence-electron chi connectivity index (χ2n) is 5.37. The fourth-order valence-electron chi connectivity index (χ4n) is 2.21. The van der Waals surface area contributed by atoms with Gasteiger partial charge in [0, 0.05) is 4.47 Å². The number of benzene rings is 2. The topological polar surface area (TPSA) is 72.7 Å². The van der Waals surface area contributed by atoms with Crippen molar-refractivity contribution >= 4 is 39.3 Å². The van der Waals surface area contributed by atoms with E-state index in [4.69, 9.17) is 0 Å². The van der Waals surface area contributed by atoms with Crippen LogP contribution in [0.1, 0.15) is 11.4 Å². The Labute approximate surface area is 158 Å². The molecule has 0 spiro atoms. The van der Waals surface area contributed by atoms with Gasteiger partial charge in [0.05, 0.1) is 22.9 Å². The van der Waals surface area contributed by atoms with E-state index in [-0.39, 0.29) is 5.91 Å². The third kappa shape index (κ3) is 4.67. The molecule has 3 rings (SSSR count). The van der Waals surface area contributed by atoms with Crippen LogP contribution in [0.25, 0.3) is 5.69 Å². The molecule has 8 heteroatoms. The number of anilines is 1. The average molecular weight is 418 g/mol. The van der Waals surface area contributed by atoms with Crippen molar-refractivity contribution in [2.75, 3.05) is 11.1 Å². The molecule has 0 aliphatic heterocycles. The number of hydrogen-bond donors (Lipinski definition) is 1. The molecule has 0 unspecified atom stereocenters. The smallest absolute Gasteiger partial charge is 0.234 e. The molecule has 1 heterocycles. The zero-order valence-electron chi connectivity index (χ0n) is 13.5. The van der Waals surface area contributed by atoms with Crippen LogP contribution in [-0.2, 0) is 10.5 Å². The first-order valence-corrected chi connectivity index (χ1v) is 9.54. The minimum Gasteiger partial charge on any atom is -0.324 e. The molecule has 0 radical (unpaired) electrons. The molecule has 25 heavy (non-hydrogen) atoms. The zero-order chi connectivity index (χ0) is 17.6. The quantitative estimate of drug-likeness (QED) is 0.662. The lowest BCUT2D eigenvalue weighted by Crippen LogP contribution is -2.15. The van der Waals surface area contributed by atoms with Crippen LogP contribution in [0, 0.1) is 6.92 Å². The number of carbonyl (C=O) groups excluding carboxylic acids is 1. The Morgan fingerprint density at radius 2 is 2.04 bits per heavy atom. The van der Waals surface area contributed by atoms with E-state index in [0.29, 0.717) is 17.3 Å². The van der Waals surface area contributed by atoms with Gasteiger partial charge in [0.1, 0.15) is 0 Å². The predicted octanol–water partition coefficient (Wildman–Crippen LogP) is 3.61. The lowest BCUT2D eigenvalue weighted by molar-refractivity contribution is -0.113. The Hall–Kier alpha value is -2.19. The molecular formula is C17H16BrN5OS. The van der Waals surface area contributed by atoms with Crippen molar-refractivity contribution in [3.8, 4) is 5.69 Å². The summed E-state index contributed by atoms with van der Waals surface area (Å²) >= 11 is 4.92. The highest BCUT2D eigenvalue weighted by molar-refractivity contribution is 9.10. The number of rotatable bonds is 6. The van der Waals surface area contributed by atoms with Gasteiger partial charge in [-0.25, -0.2) is 0 Å². The Bertz CT molecular complexity index is 868. The van der Waals surface area contributed by atoms with Crippen LogP contribution >= 0.6 is 27.7 Å². The summed E-state index contributed by atoms with van der Waals surface area (Å²) in [6, 6.07) is 15.5. The lowest BCUT2D eigenvalue weighted by atomic mass is 10.2. The number of thioether (sulfide) groups is 1. The van der Waals surface area contributed by atoms with Gasteiger partial charge in [0.25, 0.3) is 0 Å². The van der Waals surface area contributed by atoms with E-state index in [1.54, 1.807) is 4.68 Å². The zero-order valence-corrected chi connectivity index (χ0v) is 15.9. The number of nitrogens with zero attached hydrogens (tertiary/aromatic N) is 4. The van der Waals surface area contributed by atoms with Crippen molar-refractivity contribution in [2.24, 2.45) is 0 Å². The summed E-state index contributed by atoms with van der Waals surface area (Å²) in [5.41, 5.74) is 2.80. The van der Waals surface area contributed by atoms with Crippen molar-refractivity contribution in [1.29, 1.82) is 0 Å². The molecule has 0 atom stereocenters. The molecule has 2 aromatic carbocycles. The largest absolute Gasteiger partial charge is 0.324 e. The van der Waals surface area contributed by atoms with Gasteiger partial charge >= 0.3 is 0 Å². The Balaban J connectivity index is 1.55. The van der Waals surface area contributed by atoms with Crippen molar-refractivity contribution < 1.29 is 4.79 Å². The summed E-state index contributed by atoms with van der Waals surface area (Å²) < 4.78 is 2.56. The van der Waals surface area contributed by atoms with E-state index in [0.717, 1.165) is 21.4 Å². The third-order valence-electron chi connectivity index (χ3n) is 3.40. The van der Waals surface area contributed by atoms with E-state index in [1.165, 1.54) is 11.8 Å². The number of aromatic nitrogens is 4. The molecule has 0 saturated carbocycles. The SMILES string of the molecule is Cc1ccc(NC(=O)CSCc2nnnn2-c2ccccc2)c(Br)c1. The fraction of sp³-hybridized carbons (Fsp3) is 0.176. The molecule has 0 aliphatic rings. The van der Waals surface area contributed by atoms with E-state index >= 15 is 0 Å². The number of tetrazole rings is 1. The number of amides is 1. The van der Waals surface area contributed by atoms with Crippen LogP contribution in [0.4, 0.5) is 5.69 Å². The molecule has 1 aromatic heterocycles. The number of hydrogen-bond acceptors (Lipinski definition) is 5. The summed E-state index contributed by atoms with van der Waals surface area (Å²) in [6.45, 7) is 2.00. The summed E-state index contributed by atoms with van der Waals surface area (Å²) in [7, 11) is 0. The molecule has 6 nitrogen and oxygen atoms in total. The number of nitrogens with one attached hydrogen (secondary N) is 1. The molecule has 128 valence electrons. The first kappa shape index (κ1) is 17.6.